The molecule has 3 heterocycles. The fraction of sp³-hybridized carbons (Fsp3) is 0.591. The minimum absolute atomic E-state index is 0.0799. The summed E-state index contributed by atoms with van der Waals surface area (Å²) in [6.45, 7) is 6.43. The van der Waals surface area contributed by atoms with Crippen molar-refractivity contribution in [3.63, 3.8) is 0 Å². The number of carbonyl (C=O) groups is 3. The van der Waals surface area contributed by atoms with E-state index in [1.54, 1.807) is 4.90 Å². The SMILES string of the molecule is CCN(Cc1cccc2c1C(=O)N(C1CCC(=O)NC1=O)C2)C1CCCNCC1. The van der Waals surface area contributed by atoms with Gasteiger partial charge in [-0.15, -0.1) is 0 Å². The van der Waals surface area contributed by atoms with E-state index in [4.69, 9.17) is 0 Å². The van der Waals surface area contributed by atoms with Crippen LogP contribution in [0.15, 0.2) is 18.2 Å². The van der Waals surface area contributed by atoms with Crippen LogP contribution in [-0.2, 0) is 22.7 Å². The van der Waals surface area contributed by atoms with Gasteiger partial charge in [0.1, 0.15) is 6.04 Å². The molecule has 0 saturated carbocycles. The Balaban J connectivity index is 1.54. The van der Waals surface area contributed by atoms with Gasteiger partial charge in [0.25, 0.3) is 5.91 Å². The first kappa shape index (κ1) is 20.0. The van der Waals surface area contributed by atoms with Crippen LogP contribution in [0.1, 0.15) is 60.5 Å². The first-order chi connectivity index (χ1) is 14.1. The highest BCUT2D eigenvalue weighted by Gasteiger charge is 2.40. The molecule has 29 heavy (non-hydrogen) atoms. The van der Waals surface area contributed by atoms with Gasteiger partial charge in [0.05, 0.1) is 0 Å². The predicted molar refractivity (Wildman–Crippen MR) is 109 cm³/mol. The summed E-state index contributed by atoms with van der Waals surface area (Å²) in [7, 11) is 0. The number of hydrogen-bond acceptors (Lipinski definition) is 5. The Hall–Kier alpha value is -2.25. The summed E-state index contributed by atoms with van der Waals surface area (Å²) < 4.78 is 0. The number of fused-ring (bicyclic) bond motifs is 1. The molecule has 1 aromatic carbocycles. The minimum atomic E-state index is -0.560. The van der Waals surface area contributed by atoms with E-state index in [-0.39, 0.29) is 24.1 Å². The van der Waals surface area contributed by atoms with E-state index >= 15 is 0 Å². The van der Waals surface area contributed by atoms with Gasteiger partial charge in [-0.3, -0.25) is 24.6 Å². The van der Waals surface area contributed by atoms with Crippen LogP contribution in [0.5, 0.6) is 0 Å². The number of imide groups is 1. The van der Waals surface area contributed by atoms with E-state index in [2.05, 4.69) is 22.5 Å². The molecular weight excluding hydrogens is 368 g/mol. The lowest BCUT2D eigenvalue weighted by atomic mass is 10.0. The first-order valence-corrected chi connectivity index (χ1v) is 10.8. The molecule has 3 amide bonds. The first-order valence-electron chi connectivity index (χ1n) is 10.8. The zero-order chi connectivity index (χ0) is 20.4. The van der Waals surface area contributed by atoms with E-state index in [0.717, 1.165) is 49.3 Å². The van der Waals surface area contributed by atoms with Gasteiger partial charge < -0.3 is 10.2 Å². The smallest absolute Gasteiger partial charge is 0.255 e. The van der Waals surface area contributed by atoms with Crippen molar-refractivity contribution in [1.82, 2.24) is 20.4 Å². The topological polar surface area (TPSA) is 81.8 Å². The van der Waals surface area contributed by atoms with Crippen molar-refractivity contribution in [2.45, 2.75) is 64.2 Å². The summed E-state index contributed by atoms with van der Waals surface area (Å²) in [6, 6.07) is 6.00. The van der Waals surface area contributed by atoms with E-state index < -0.39 is 6.04 Å². The highest BCUT2D eigenvalue weighted by molar-refractivity contribution is 6.05. The van der Waals surface area contributed by atoms with Gasteiger partial charge in [-0.1, -0.05) is 25.1 Å². The van der Waals surface area contributed by atoms with E-state index in [0.29, 0.717) is 19.0 Å². The maximum absolute atomic E-state index is 13.3. The Morgan fingerprint density at radius 2 is 2.00 bits per heavy atom. The van der Waals surface area contributed by atoms with Gasteiger partial charge >= 0.3 is 0 Å². The summed E-state index contributed by atoms with van der Waals surface area (Å²) in [5, 5.41) is 5.84. The van der Waals surface area contributed by atoms with Crippen LogP contribution in [0.2, 0.25) is 0 Å². The van der Waals surface area contributed by atoms with Gasteiger partial charge in [-0.25, -0.2) is 0 Å². The number of piperidine rings is 1. The highest BCUT2D eigenvalue weighted by Crippen LogP contribution is 2.31. The largest absolute Gasteiger partial charge is 0.322 e. The molecule has 2 fully saturated rings. The molecule has 0 spiro atoms. The molecule has 2 unspecified atom stereocenters. The average Bonchev–Trinajstić information content (AvgIpc) is 2.88. The second-order valence-corrected chi connectivity index (χ2v) is 8.25. The summed E-state index contributed by atoms with van der Waals surface area (Å²) in [6.07, 6.45) is 4.15. The van der Waals surface area contributed by atoms with Crippen LogP contribution in [-0.4, -0.2) is 59.2 Å². The third kappa shape index (κ3) is 4.07. The Bertz CT molecular complexity index is 801. The van der Waals surface area contributed by atoms with Crippen molar-refractivity contribution in [3.05, 3.63) is 34.9 Å². The zero-order valence-electron chi connectivity index (χ0n) is 17.1. The van der Waals surface area contributed by atoms with Crippen LogP contribution in [0.3, 0.4) is 0 Å². The minimum Gasteiger partial charge on any atom is -0.322 e. The molecule has 0 aromatic heterocycles. The molecule has 0 aliphatic carbocycles. The summed E-state index contributed by atoms with van der Waals surface area (Å²) >= 11 is 0. The second kappa shape index (κ2) is 8.63. The average molecular weight is 399 g/mol. The zero-order valence-corrected chi connectivity index (χ0v) is 17.1. The molecule has 4 rings (SSSR count). The molecule has 3 aliphatic rings. The lowest BCUT2D eigenvalue weighted by Crippen LogP contribution is -2.52. The van der Waals surface area contributed by atoms with Crippen LogP contribution in [0.4, 0.5) is 0 Å². The number of carbonyl (C=O) groups excluding carboxylic acids is 3. The summed E-state index contributed by atoms with van der Waals surface area (Å²) in [5.74, 6) is -0.693. The van der Waals surface area contributed by atoms with Crippen molar-refractivity contribution < 1.29 is 14.4 Å². The fourth-order valence-corrected chi connectivity index (χ4v) is 4.91. The summed E-state index contributed by atoms with van der Waals surface area (Å²) in [5.41, 5.74) is 2.78. The molecule has 2 atom stereocenters. The maximum Gasteiger partial charge on any atom is 0.255 e. The van der Waals surface area contributed by atoms with Crippen LogP contribution >= 0.6 is 0 Å². The van der Waals surface area contributed by atoms with Crippen molar-refractivity contribution in [2.24, 2.45) is 0 Å². The van der Waals surface area contributed by atoms with Gasteiger partial charge in [0, 0.05) is 31.1 Å². The van der Waals surface area contributed by atoms with E-state index in [1.807, 2.05) is 18.2 Å². The Morgan fingerprint density at radius 3 is 2.79 bits per heavy atom. The van der Waals surface area contributed by atoms with Gasteiger partial charge in [-0.05, 0) is 56.4 Å². The van der Waals surface area contributed by atoms with E-state index in [9.17, 15) is 14.4 Å². The molecule has 0 radical (unpaired) electrons. The number of nitrogens with one attached hydrogen (secondary N) is 2. The molecule has 7 nitrogen and oxygen atoms in total. The molecule has 156 valence electrons. The molecule has 2 N–H and O–H groups in total. The van der Waals surface area contributed by atoms with Crippen LogP contribution in [0, 0.1) is 0 Å². The predicted octanol–water partition coefficient (Wildman–Crippen LogP) is 1.41. The standard InChI is InChI=1S/C22H30N4O3/c1-2-25(17-7-4-11-23-12-10-17)13-15-5-3-6-16-14-26(22(29)20(15)16)18-8-9-19(27)24-21(18)28/h3,5-6,17-18,23H,2,4,7-14H2,1H3,(H,24,27,28). The number of nitrogens with zero attached hydrogens (tertiary/aromatic N) is 2. The molecule has 3 aliphatic heterocycles. The Morgan fingerprint density at radius 1 is 1.14 bits per heavy atom. The monoisotopic (exact) mass is 398 g/mol. The number of benzene rings is 1. The number of amides is 3. The third-order valence-electron chi connectivity index (χ3n) is 6.48. The van der Waals surface area contributed by atoms with E-state index in [1.165, 1.54) is 12.8 Å². The Kier molecular flexibility index (Phi) is 5.96. The lowest BCUT2D eigenvalue weighted by Gasteiger charge is -2.31. The highest BCUT2D eigenvalue weighted by atomic mass is 16.2. The normalized spacial score (nSPS) is 25.2. The van der Waals surface area contributed by atoms with Crippen molar-refractivity contribution in [3.8, 4) is 0 Å². The molecule has 7 heteroatoms. The lowest BCUT2D eigenvalue weighted by molar-refractivity contribution is -0.136. The molecule has 1 aromatic rings. The fourth-order valence-electron chi connectivity index (χ4n) is 4.91. The van der Waals surface area contributed by atoms with Crippen LogP contribution < -0.4 is 10.6 Å². The second-order valence-electron chi connectivity index (χ2n) is 8.25. The number of rotatable bonds is 5. The molecule has 0 bridgehead atoms. The maximum atomic E-state index is 13.3. The van der Waals surface area contributed by atoms with Gasteiger partial charge in [-0.2, -0.15) is 0 Å². The summed E-state index contributed by atoms with van der Waals surface area (Å²) in [4.78, 5) is 41.2. The quantitative estimate of drug-likeness (QED) is 0.733. The Labute approximate surface area is 171 Å². The van der Waals surface area contributed by atoms with Crippen LogP contribution in [0.25, 0.3) is 0 Å². The van der Waals surface area contributed by atoms with Gasteiger partial charge in [0.2, 0.25) is 11.8 Å². The van der Waals surface area contributed by atoms with Gasteiger partial charge in [0.15, 0.2) is 0 Å². The van der Waals surface area contributed by atoms with Crippen molar-refractivity contribution >= 4 is 17.7 Å². The molecule has 2 saturated heterocycles. The third-order valence-corrected chi connectivity index (χ3v) is 6.48. The number of hydrogen-bond donors (Lipinski definition) is 2. The van der Waals surface area contributed by atoms with Crippen molar-refractivity contribution in [2.75, 3.05) is 19.6 Å². The van der Waals surface area contributed by atoms with Crippen molar-refractivity contribution in [1.29, 1.82) is 0 Å². The molecular formula is C22H30N4O3.